The number of benzene rings is 1. The van der Waals surface area contributed by atoms with Gasteiger partial charge in [0, 0.05) is 46.3 Å². The number of hydrogen-bond acceptors (Lipinski definition) is 3. The van der Waals surface area contributed by atoms with Crippen molar-refractivity contribution in [3.63, 3.8) is 0 Å². The first-order chi connectivity index (χ1) is 9.40. The van der Waals surface area contributed by atoms with E-state index in [0.29, 0.717) is 21.7 Å². The first-order valence-electron chi connectivity index (χ1n) is 6.05. The largest absolute Gasteiger partial charge is 0.347 e. The van der Waals surface area contributed by atoms with Crippen molar-refractivity contribution < 1.29 is 13.8 Å². The zero-order valence-corrected chi connectivity index (χ0v) is 12.4. The monoisotopic (exact) mass is 289 g/mol. The fourth-order valence-electron chi connectivity index (χ4n) is 1.93. The van der Waals surface area contributed by atoms with Gasteiger partial charge in [0.15, 0.2) is 5.78 Å². The molecule has 0 radical (unpaired) electrons. The molecule has 0 N–H and O–H groups in total. The molecule has 1 heterocycles. The molecular formula is C15H15NO3S. The Labute approximate surface area is 119 Å². The number of aromatic nitrogens is 1. The van der Waals surface area contributed by atoms with Crippen LogP contribution in [0.3, 0.4) is 0 Å². The molecule has 104 valence electrons. The zero-order valence-electron chi connectivity index (χ0n) is 11.5. The van der Waals surface area contributed by atoms with E-state index in [2.05, 4.69) is 0 Å². The molecule has 20 heavy (non-hydrogen) atoms. The number of Topliss-reactive ketones (excluding diaryl/α,β-unsaturated/α-hetero) is 1. The standard InChI is InChI=1S/C15H15NO3S/c1-10(17)12-8-14(16(2)9-12)15(18)11-4-6-13(7-5-11)20(3)19/h4-9H,1-3H3. The van der Waals surface area contributed by atoms with Crippen molar-refractivity contribution in [1.29, 1.82) is 0 Å². The van der Waals surface area contributed by atoms with E-state index >= 15 is 0 Å². The molecule has 0 bridgehead atoms. The number of hydrogen-bond donors (Lipinski definition) is 0. The second kappa shape index (κ2) is 5.54. The first-order valence-corrected chi connectivity index (χ1v) is 7.61. The Bertz CT molecular complexity index is 698. The Morgan fingerprint density at radius 2 is 1.70 bits per heavy atom. The van der Waals surface area contributed by atoms with Crippen molar-refractivity contribution >= 4 is 22.4 Å². The Hall–Kier alpha value is -2.01. The predicted octanol–water partition coefficient (Wildman–Crippen LogP) is 2.20. The minimum Gasteiger partial charge on any atom is -0.347 e. The van der Waals surface area contributed by atoms with E-state index in [-0.39, 0.29) is 11.6 Å². The van der Waals surface area contributed by atoms with Crippen molar-refractivity contribution in [2.45, 2.75) is 11.8 Å². The molecule has 4 nitrogen and oxygen atoms in total. The summed E-state index contributed by atoms with van der Waals surface area (Å²) in [6.07, 6.45) is 3.23. The van der Waals surface area contributed by atoms with Crippen LogP contribution in [-0.4, -0.2) is 26.6 Å². The van der Waals surface area contributed by atoms with E-state index in [4.69, 9.17) is 0 Å². The van der Waals surface area contributed by atoms with Crippen LogP contribution in [0, 0.1) is 0 Å². The third-order valence-electron chi connectivity index (χ3n) is 3.09. The van der Waals surface area contributed by atoms with Gasteiger partial charge in [-0.2, -0.15) is 0 Å². The van der Waals surface area contributed by atoms with Crippen LogP contribution in [0.25, 0.3) is 0 Å². The molecule has 1 aromatic heterocycles. The highest BCUT2D eigenvalue weighted by Crippen LogP contribution is 2.15. The molecule has 0 spiro atoms. The lowest BCUT2D eigenvalue weighted by atomic mass is 10.1. The molecule has 2 aromatic rings. The maximum Gasteiger partial charge on any atom is 0.209 e. The molecule has 1 aromatic carbocycles. The lowest BCUT2D eigenvalue weighted by Gasteiger charge is -2.03. The van der Waals surface area contributed by atoms with Crippen molar-refractivity contribution in [3.05, 3.63) is 53.3 Å². The molecule has 0 saturated carbocycles. The van der Waals surface area contributed by atoms with Gasteiger partial charge >= 0.3 is 0 Å². The van der Waals surface area contributed by atoms with Crippen molar-refractivity contribution in [1.82, 2.24) is 4.57 Å². The van der Waals surface area contributed by atoms with Gasteiger partial charge in [-0.05, 0) is 37.3 Å². The van der Waals surface area contributed by atoms with E-state index in [9.17, 15) is 13.8 Å². The predicted molar refractivity (Wildman–Crippen MR) is 77.6 cm³/mol. The number of carbonyl (C=O) groups excluding carboxylic acids is 2. The summed E-state index contributed by atoms with van der Waals surface area (Å²) < 4.78 is 13.0. The highest BCUT2D eigenvalue weighted by Gasteiger charge is 2.15. The summed E-state index contributed by atoms with van der Waals surface area (Å²) in [6.45, 7) is 1.47. The number of nitrogens with zero attached hydrogens (tertiary/aromatic N) is 1. The highest BCUT2D eigenvalue weighted by atomic mass is 32.2. The van der Waals surface area contributed by atoms with Gasteiger partial charge in [0.1, 0.15) is 0 Å². The van der Waals surface area contributed by atoms with Crippen LogP contribution in [0.1, 0.15) is 33.3 Å². The van der Waals surface area contributed by atoms with Gasteiger partial charge < -0.3 is 4.57 Å². The van der Waals surface area contributed by atoms with Crippen LogP contribution < -0.4 is 0 Å². The average molecular weight is 289 g/mol. The SMILES string of the molecule is CC(=O)c1cc(C(=O)c2ccc(S(C)=O)cc2)n(C)c1. The van der Waals surface area contributed by atoms with Gasteiger partial charge in [-0.1, -0.05) is 0 Å². The lowest BCUT2D eigenvalue weighted by molar-refractivity contribution is 0.101. The van der Waals surface area contributed by atoms with Crippen LogP contribution >= 0.6 is 0 Å². The Kier molecular flexibility index (Phi) is 3.99. The second-order valence-electron chi connectivity index (χ2n) is 4.59. The molecule has 0 fully saturated rings. The molecule has 2 rings (SSSR count). The van der Waals surface area contributed by atoms with Gasteiger partial charge in [-0.3, -0.25) is 13.8 Å². The molecule has 0 aliphatic rings. The number of ketones is 2. The smallest absolute Gasteiger partial charge is 0.209 e. The van der Waals surface area contributed by atoms with Crippen LogP contribution in [0.2, 0.25) is 0 Å². The summed E-state index contributed by atoms with van der Waals surface area (Å²) in [5, 5.41) is 0. The van der Waals surface area contributed by atoms with Crippen LogP contribution in [-0.2, 0) is 17.8 Å². The minimum atomic E-state index is -1.06. The van der Waals surface area contributed by atoms with Crippen molar-refractivity contribution in [2.24, 2.45) is 7.05 Å². The molecule has 0 amide bonds. The van der Waals surface area contributed by atoms with Crippen LogP contribution in [0.15, 0.2) is 41.4 Å². The van der Waals surface area contributed by atoms with Crippen molar-refractivity contribution in [2.75, 3.05) is 6.26 Å². The fraction of sp³-hybridized carbons (Fsp3) is 0.200. The van der Waals surface area contributed by atoms with E-state index in [0.717, 1.165) is 0 Å². The molecule has 1 atom stereocenters. The van der Waals surface area contributed by atoms with E-state index in [1.54, 1.807) is 54.4 Å². The maximum absolute atomic E-state index is 12.4. The molecule has 0 aliphatic heterocycles. The van der Waals surface area contributed by atoms with Gasteiger partial charge in [-0.25, -0.2) is 0 Å². The van der Waals surface area contributed by atoms with Crippen LogP contribution in [0.5, 0.6) is 0 Å². The Morgan fingerprint density at radius 3 is 2.15 bits per heavy atom. The summed E-state index contributed by atoms with van der Waals surface area (Å²) >= 11 is 0. The fourth-order valence-corrected chi connectivity index (χ4v) is 2.45. The lowest BCUT2D eigenvalue weighted by Crippen LogP contribution is -2.06. The van der Waals surface area contributed by atoms with Gasteiger partial charge in [0.05, 0.1) is 5.69 Å². The molecule has 1 unspecified atom stereocenters. The molecule has 0 aliphatic carbocycles. The normalized spacial score (nSPS) is 12.2. The quantitative estimate of drug-likeness (QED) is 0.811. The van der Waals surface area contributed by atoms with E-state index in [1.807, 2.05) is 0 Å². The van der Waals surface area contributed by atoms with Gasteiger partial charge in [0.2, 0.25) is 5.78 Å². The number of carbonyl (C=O) groups is 2. The third kappa shape index (κ3) is 2.77. The van der Waals surface area contributed by atoms with E-state index in [1.165, 1.54) is 6.92 Å². The minimum absolute atomic E-state index is 0.0728. The molecule has 5 heteroatoms. The first kappa shape index (κ1) is 14.4. The highest BCUT2D eigenvalue weighted by molar-refractivity contribution is 7.84. The number of rotatable bonds is 4. The summed E-state index contributed by atoms with van der Waals surface area (Å²) in [7, 11) is 0.669. The summed E-state index contributed by atoms with van der Waals surface area (Å²) in [5.74, 6) is -0.232. The third-order valence-corrected chi connectivity index (χ3v) is 4.03. The number of aryl methyl sites for hydroxylation is 1. The maximum atomic E-state index is 12.4. The topological polar surface area (TPSA) is 56.1 Å². The summed E-state index contributed by atoms with van der Waals surface area (Å²) in [4.78, 5) is 24.4. The summed E-state index contributed by atoms with van der Waals surface area (Å²) in [6, 6.07) is 8.26. The van der Waals surface area contributed by atoms with Gasteiger partial charge in [-0.15, -0.1) is 0 Å². The van der Waals surface area contributed by atoms with E-state index < -0.39 is 10.8 Å². The molecule has 0 saturated heterocycles. The van der Waals surface area contributed by atoms with Gasteiger partial charge in [0.25, 0.3) is 0 Å². The van der Waals surface area contributed by atoms with Crippen LogP contribution in [0.4, 0.5) is 0 Å². The molecular weight excluding hydrogens is 274 g/mol. The zero-order chi connectivity index (χ0) is 14.9. The van der Waals surface area contributed by atoms with Crippen molar-refractivity contribution in [3.8, 4) is 0 Å². The summed E-state index contributed by atoms with van der Waals surface area (Å²) in [5.41, 5.74) is 1.48. The average Bonchev–Trinajstić information content (AvgIpc) is 2.80. The Balaban J connectivity index is 2.36. The second-order valence-corrected chi connectivity index (χ2v) is 5.97. The Morgan fingerprint density at radius 1 is 1.10 bits per heavy atom.